The van der Waals surface area contributed by atoms with Crippen LogP contribution in [0.5, 0.6) is 0 Å². The highest BCUT2D eigenvalue weighted by Crippen LogP contribution is 2.34. The van der Waals surface area contributed by atoms with Crippen molar-refractivity contribution in [2.24, 2.45) is 5.73 Å². The standard InChI is InChI=1S/C20H22N2O3/c1-25-19(23)13-16-12-15-9-5-6-10-18(15)22(16)20(24)17(21)11-14-7-3-2-4-8-14/h2-10,16-17H,11-13,21H2,1H3/t16-,17+/m1/s1. The molecule has 0 bridgehead atoms. The molecule has 1 aliphatic heterocycles. The maximum atomic E-state index is 13.0. The fourth-order valence-corrected chi connectivity index (χ4v) is 3.33. The number of ether oxygens (including phenoxy) is 1. The number of benzene rings is 2. The van der Waals surface area contributed by atoms with Crippen LogP contribution < -0.4 is 10.6 Å². The van der Waals surface area contributed by atoms with Gasteiger partial charge in [0.1, 0.15) is 0 Å². The Balaban J connectivity index is 1.82. The van der Waals surface area contributed by atoms with Gasteiger partial charge < -0.3 is 15.4 Å². The highest BCUT2D eigenvalue weighted by Gasteiger charge is 2.37. The monoisotopic (exact) mass is 338 g/mol. The van der Waals surface area contributed by atoms with E-state index in [2.05, 4.69) is 0 Å². The van der Waals surface area contributed by atoms with Crippen LogP contribution in [0, 0.1) is 0 Å². The summed E-state index contributed by atoms with van der Waals surface area (Å²) in [5.41, 5.74) is 9.11. The summed E-state index contributed by atoms with van der Waals surface area (Å²) in [4.78, 5) is 26.5. The van der Waals surface area contributed by atoms with Crippen molar-refractivity contribution in [1.29, 1.82) is 0 Å². The molecular formula is C20H22N2O3. The highest BCUT2D eigenvalue weighted by atomic mass is 16.5. The largest absolute Gasteiger partial charge is 0.469 e. The van der Waals surface area contributed by atoms with Crippen LogP contribution in [0.2, 0.25) is 0 Å². The number of nitrogens with zero attached hydrogens (tertiary/aromatic N) is 1. The summed E-state index contributed by atoms with van der Waals surface area (Å²) in [7, 11) is 1.36. The first kappa shape index (κ1) is 17.2. The van der Waals surface area contributed by atoms with Crippen molar-refractivity contribution < 1.29 is 14.3 Å². The molecule has 25 heavy (non-hydrogen) atoms. The Labute approximate surface area is 147 Å². The van der Waals surface area contributed by atoms with Gasteiger partial charge in [-0.15, -0.1) is 0 Å². The number of fused-ring (bicyclic) bond motifs is 1. The number of para-hydroxylation sites is 1. The molecule has 0 radical (unpaired) electrons. The second-order valence-corrected chi connectivity index (χ2v) is 6.27. The van der Waals surface area contributed by atoms with Gasteiger partial charge in [0.2, 0.25) is 5.91 Å². The predicted molar refractivity (Wildman–Crippen MR) is 96.2 cm³/mol. The first-order valence-corrected chi connectivity index (χ1v) is 8.37. The van der Waals surface area contributed by atoms with Crippen molar-refractivity contribution in [3.63, 3.8) is 0 Å². The SMILES string of the molecule is COC(=O)C[C@H]1Cc2ccccc2N1C(=O)[C@@H](N)Cc1ccccc1. The summed E-state index contributed by atoms with van der Waals surface area (Å²) >= 11 is 0. The zero-order valence-electron chi connectivity index (χ0n) is 14.2. The van der Waals surface area contributed by atoms with Gasteiger partial charge in [0.25, 0.3) is 0 Å². The molecule has 0 spiro atoms. The number of hydrogen-bond acceptors (Lipinski definition) is 4. The van der Waals surface area contributed by atoms with Gasteiger partial charge in [0.05, 0.1) is 25.6 Å². The molecule has 1 heterocycles. The molecule has 2 aromatic rings. The quantitative estimate of drug-likeness (QED) is 0.847. The maximum Gasteiger partial charge on any atom is 0.307 e. The lowest BCUT2D eigenvalue weighted by Gasteiger charge is -2.27. The van der Waals surface area contributed by atoms with Crippen LogP contribution in [0.15, 0.2) is 54.6 Å². The third-order valence-corrected chi connectivity index (χ3v) is 4.55. The van der Waals surface area contributed by atoms with E-state index in [4.69, 9.17) is 10.5 Å². The third kappa shape index (κ3) is 3.72. The first-order valence-electron chi connectivity index (χ1n) is 8.37. The second-order valence-electron chi connectivity index (χ2n) is 6.27. The van der Waals surface area contributed by atoms with E-state index in [1.54, 1.807) is 4.90 Å². The van der Waals surface area contributed by atoms with Crippen molar-refractivity contribution in [3.05, 3.63) is 65.7 Å². The predicted octanol–water partition coefficient (Wildman–Crippen LogP) is 2.08. The Hall–Kier alpha value is -2.66. The molecule has 2 atom stereocenters. The minimum atomic E-state index is -0.659. The summed E-state index contributed by atoms with van der Waals surface area (Å²) < 4.78 is 4.79. The molecule has 130 valence electrons. The lowest BCUT2D eigenvalue weighted by atomic mass is 10.0. The van der Waals surface area contributed by atoms with E-state index in [-0.39, 0.29) is 24.3 Å². The molecule has 2 N–H and O–H groups in total. The summed E-state index contributed by atoms with van der Waals surface area (Å²) in [5.74, 6) is -0.491. The van der Waals surface area contributed by atoms with Crippen LogP contribution in [0.4, 0.5) is 5.69 Å². The molecule has 1 aliphatic rings. The van der Waals surface area contributed by atoms with Crippen molar-refractivity contribution in [2.45, 2.75) is 31.3 Å². The van der Waals surface area contributed by atoms with E-state index >= 15 is 0 Å². The highest BCUT2D eigenvalue weighted by molar-refractivity contribution is 6.00. The molecule has 0 saturated heterocycles. The minimum absolute atomic E-state index is 0.162. The van der Waals surface area contributed by atoms with Crippen molar-refractivity contribution in [1.82, 2.24) is 0 Å². The zero-order chi connectivity index (χ0) is 17.8. The van der Waals surface area contributed by atoms with E-state index in [0.717, 1.165) is 16.8 Å². The number of methoxy groups -OCH3 is 1. The van der Waals surface area contributed by atoms with Gasteiger partial charge in [-0.3, -0.25) is 9.59 Å². The molecule has 3 rings (SSSR count). The van der Waals surface area contributed by atoms with Crippen LogP contribution in [0.1, 0.15) is 17.5 Å². The Bertz CT molecular complexity index is 761. The average Bonchev–Trinajstić information content (AvgIpc) is 2.99. The normalized spacial score (nSPS) is 17.0. The van der Waals surface area contributed by atoms with Crippen LogP contribution in [0.3, 0.4) is 0 Å². The molecule has 0 aliphatic carbocycles. The Morgan fingerprint density at radius 1 is 1.16 bits per heavy atom. The number of nitrogens with two attached hydrogens (primary N) is 1. The summed E-state index contributed by atoms with van der Waals surface area (Å²) in [6.07, 6.45) is 1.26. The van der Waals surface area contributed by atoms with Crippen molar-refractivity contribution >= 4 is 17.6 Å². The number of hydrogen-bond donors (Lipinski definition) is 1. The molecule has 5 nitrogen and oxygen atoms in total. The summed E-state index contributed by atoms with van der Waals surface area (Å²) in [6.45, 7) is 0. The molecule has 5 heteroatoms. The van der Waals surface area contributed by atoms with Crippen LogP contribution in [0.25, 0.3) is 0 Å². The number of amides is 1. The van der Waals surface area contributed by atoms with E-state index < -0.39 is 6.04 Å². The van der Waals surface area contributed by atoms with E-state index in [0.29, 0.717) is 12.8 Å². The van der Waals surface area contributed by atoms with Gasteiger partial charge in [0, 0.05) is 5.69 Å². The molecule has 2 aromatic carbocycles. The Kier molecular flexibility index (Phi) is 5.14. The lowest BCUT2D eigenvalue weighted by molar-refractivity contribution is -0.141. The van der Waals surface area contributed by atoms with E-state index in [9.17, 15) is 9.59 Å². The van der Waals surface area contributed by atoms with Crippen molar-refractivity contribution in [3.8, 4) is 0 Å². The molecule has 0 unspecified atom stereocenters. The fraction of sp³-hybridized carbons (Fsp3) is 0.300. The first-order chi connectivity index (χ1) is 12.1. The lowest BCUT2D eigenvalue weighted by Crippen LogP contribution is -2.49. The molecule has 0 aromatic heterocycles. The number of esters is 1. The Morgan fingerprint density at radius 2 is 1.84 bits per heavy atom. The van der Waals surface area contributed by atoms with Gasteiger partial charge >= 0.3 is 5.97 Å². The van der Waals surface area contributed by atoms with Gasteiger partial charge in [-0.05, 0) is 30.0 Å². The second kappa shape index (κ2) is 7.49. The Morgan fingerprint density at radius 3 is 2.56 bits per heavy atom. The molecular weight excluding hydrogens is 316 g/mol. The molecule has 0 saturated carbocycles. The summed E-state index contributed by atoms with van der Waals surface area (Å²) in [5, 5.41) is 0. The van der Waals surface area contributed by atoms with Crippen molar-refractivity contribution in [2.75, 3.05) is 12.0 Å². The van der Waals surface area contributed by atoms with Gasteiger partial charge in [0.15, 0.2) is 0 Å². The third-order valence-electron chi connectivity index (χ3n) is 4.55. The maximum absolute atomic E-state index is 13.0. The van der Waals surface area contributed by atoms with Crippen LogP contribution in [-0.4, -0.2) is 31.1 Å². The molecule has 1 amide bonds. The topological polar surface area (TPSA) is 72.6 Å². The summed E-state index contributed by atoms with van der Waals surface area (Å²) in [6, 6.07) is 16.5. The van der Waals surface area contributed by atoms with E-state index in [1.807, 2.05) is 54.6 Å². The van der Waals surface area contributed by atoms with Gasteiger partial charge in [-0.1, -0.05) is 48.5 Å². The van der Waals surface area contributed by atoms with Crippen LogP contribution in [-0.2, 0) is 27.2 Å². The average molecular weight is 338 g/mol. The number of rotatable bonds is 5. The van der Waals surface area contributed by atoms with Gasteiger partial charge in [-0.2, -0.15) is 0 Å². The smallest absolute Gasteiger partial charge is 0.307 e. The number of carbonyl (C=O) groups excluding carboxylic acids is 2. The van der Waals surface area contributed by atoms with E-state index in [1.165, 1.54) is 7.11 Å². The fourth-order valence-electron chi connectivity index (χ4n) is 3.33. The molecule has 0 fully saturated rings. The van der Waals surface area contributed by atoms with Gasteiger partial charge in [-0.25, -0.2) is 0 Å². The number of anilines is 1. The number of carbonyl (C=O) groups is 2. The van der Waals surface area contributed by atoms with Crippen LogP contribution >= 0.6 is 0 Å². The zero-order valence-corrected chi connectivity index (χ0v) is 14.2. The minimum Gasteiger partial charge on any atom is -0.469 e.